The molecular formula is C19H14N4O7. The maximum absolute atomic E-state index is 12.6. The number of amides is 1. The minimum atomic E-state index is -1.04. The van der Waals surface area contributed by atoms with E-state index in [-0.39, 0.29) is 23.4 Å². The molecule has 11 heteroatoms. The molecule has 0 unspecified atom stereocenters. The summed E-state index contributed by atoms with van der Waals surface area (Å²) in [7, 11) is 1.27. The summed E-state index contributed by atoms with van der Waals surface area (Å²) in [5.74, 6) is -4.11. The Labute approximate surface area is 169 Å². The average molecular weight is 410 g/mol. The van der Waals surface area contributed by atoms with Crippen LogP contribution in [0.4, 0.5) is 5.69 Å². The van der Waals surface area contributed by atoms with Crippen molar-refractivity contribution in [3.63, 3.8) is 0 Å². The van der Waals surface area contributed by atoms with Gasteiger partial charge < -0.3 is 25.3 Å². The standard InChI is InChI=1S/C19H14N4O7/c1-22(9-12-4-10(7-20)2-3-15(12)24)19(28)13(8-21)17(26)11-5-14(23(29)30)18(27)16(25)6-11/h2-6,24-27H,9H2,1H3/b17-13-. The molecule has 1 amide bonds. The van der Waals surface area contributed by atoms with Crippen molar-refractivity contribution in [2.45, 2.75) is 6.54 Å². The lowest BCUT2D eigenvalue weighted by Gasteiger charge is -2.18. The van der Waals surface area contributed by atoms with E-state index in [4.69, 9.17) is 5.26 Å². The molecule has 0 bridgehead atoms. The molecule has 2 aromatic carbocycles. The number of aliphatic hydroxyl groups is 1. The van der Waals surface area contributed by atoms with Gasteiger partial charge in [0.2, 0.25) is 5.75 Å². The Hall–Kier alpha value is -4.77. The van der Waals surface area contributed by atoms with E-state index in [0.29, 0.717) is 6.07 Å². The monoisotopic (exact) mass is 410 g/mol. The number of rotatable bonds is 5. The second-order valence-electron chi connectivity index (χ2n) is 6.07. The number of carbonyl (C=O) groups excluding carboxylic acids is 1. The van der Waals surface area contributed by atoms with Crippen LogP contribution in [-0.4, -0.2) is 43.2 Å². The molecule has 0 aromatic heterocycles. The molecule has 0 fully saturated rings. The fraction of sp³-hybridized carbons (Fsp3) is 0.105. The van der Waals surface area contributed by atoms with Crippen molar-refractivity contribution in [2.24, 2.45) is 0 Å². The van der Waals surface area contributed by atoms with Gasteiger partial charge in [-0.15, -0.1) is 0 Å². The van der Waals surface area contributed by atoms with E-state index >= 15 is 0 Å². The molecule has 0 atom stereocenters. The summed E-state index contributed by atoms with van der Waals surface area (Å²) < 4.78 is 0. The Balaban J connectivity index is 2.44. The average Bonchev–Trinajstić information content (AvgIpc) is 2.71. The number of phenolic OH excluding ortho intramolecular Hbond substituents is 3. The van der Waals surface area contributed by atoms with Gasteiger partial charge in [-0.3, -0.25) is 14.9 Å². The number of hydrogen-bond donors (Lipinski definition) is 4. The summed E-state index contributed by atoms with van der Waals surface area (Å²) in [6, 6.07) is 8.80. The maximum Gasteiger partial charge on any atom is 0.315 e. The van der Waals surface area contributed by atoms with E-state index < -0.39 is 44.9 Å². The third-order valence-corrected chi connectivity index (χ3v) is 4.07. The SMILES string of the molecule is CN(Cc1cc(C#N)ccc1O)C(=O)/C(C#N)=C(\O)c1cc(O)c(O)c([N+](=O)[O-])c1. The van der Waals surface area contributed by atoms with Gasteiger partial charge in [-0.1, -0.05) is 0 Å². The first-order chi connectivity index (χ1) is 14.1. The number of hydrogen-bond acceptors (Lipinski definition) is 9. The van der Waals surface area contributed by atoms with Gasteiger partial charge >= 0.3 is 5.69 Å². The normalized spacial score (nSPS) is 11.0. The molecule has 0 radical (unpaired) electrons. The second-order valence-corrected chi connectivity index (χ2v) is 6.07. The van der Waals surface area contributed by atoms with Crippen LogP contribution in [0.1, 0.15) is 16.7 Å². The van der Waals surface area contributed by atoms with Crippen LogP contribution in [-0.2, 0) is 11.3 Å². The third-order valence-electron chi connectivity index (χ3n) is 4.07. The number of aliphatic hydroxyl groups excluding tert-OH is 1. The number of nitrogens with zero attached hydrogens (tertiary/aromatic N) is 4. The van der Waals surface area contributed by atoms with Crippen LogP contribution in [0.3, 0.4) is 0 Å². The maximum atomic E-state index is 12.6. The molecule has 30 heavy (non-hydrogen) atoms. The first kappa shape index (κ1) is 21.5. The molecule has 4 N–H and O–H groups in total. The highest BCUT2D eigenvalue weighted by atomic mass is 16.6. The lowest BCUT2D eigenvalue weighted by atomic mass is 10.1. The van der Waals surface area contributed by atoms with Crippen LogP contribution in [0.25, 0.3) is 5.76 Å². The lowest BCUT2D eigenvalue weighted by molar-refractivity contribution is -0.386. The zero-order valence-electron chi connectivity index (χ0n) is 15.4. The number of carbonyl (C=O) groups is 1. The Morgan fingerprint density at radius 3 is 2.40 bits per heavy atom. The summed E-state index contributed by atoms with van der Waals surface area (Å²) in [6.07, 6.45) is 0. The summed E-state index contributed by atoms with van der Waals surface area (Å²) in [6.45, 7) is -0.223. The Morgan fingerprint density at radius 1 is 1.17 bits per heavy atom. The Kier molecular flexibility index (Phi) is 6.10. The topological polar surface area (TPSA) is 192 Å². The first-order valence-electron chi connectivity index (χ1n) is 8.12. The van der Waals surface area contributed by atoms with Crippen molar-refractivity contribution in [1.82, 2.24) is 4.90 Å². The lowest BCUT2D eigenvalue weighted by Crippen LogP contribution is -2.28. The molecule has 0 spiro atoms. The van der Waals surface area contributed by atoms with Crippen LogP contribution in [0, 0.1) is 32.8 Å². The molecule has 0 aliphatic heterocycles. The van der Waals surface area contributed by atoms with E-state index in [0.717, 1.165) is 11.0 Å². The predicted octanol–water partition coefficient (Wildman–Crippen LogP) is 2.03. The van der Waals surface area contributed by atoms with Gasteiger partial charge in [0.15, 0.2) is 11.3 Å². The van der Waals surface area contributed by atoms with E-state index in [2.05, 4.69) is 0 Å². The Bertz CT molecular complexity index is 1160. The number of nitriles is 2. The van der Waals surface area contributed by atoms with Crippen LogP contribution < -0.4 is 0 Å². The van der Waals surface area contributed by atoms with Gasteiger partial charge in [0.1, 0.15) is 17.6 Å². The van der Waals surface area contributed by atoms with Gasteiger partial charge in [0.05, 0.1) is 16.6 Å². The van der Waals surface area contributed by atoms with Crippen molar-refractivity contribution >= 4 is 17.4 Å². The zero-order valence-corrected chi connectivity index (χ0v) is 15.4. The highest BCUT2D eigenvalue weighted by Crippen LogP contribution is 2.38. The van der Waals surface area contributed by atoms with E-state index in [1.165, 1.54) is 31.3 Å². The van der Waals surface area contributed by atoms with Gasteiger partial charge in [-0.05, 0) is 24.3 Å². The van der Waals surface area contributed by atoms with Crippen LogP contribution in [0.2, 0.25) is 0 Å². The summed E-state index contributed by atoms with van der Waals surface area (Å²) in [5, 5.41) is 68.6. The number of phenols is 3. The quantitative estimate of drug-likeness (QED) is 0.142. The van der Waals surface area contributed by atoms with Crippen LogP contribution in [0.15, 0.2) is 35.9 Å². The minimum Gasteiger partial charge on any atom is -0.508 e. The number of nitro benzene ring substituents is 1. The second kappa shape index (κ2) is 8.50. The van der Waals surface area contributed by atoms with Crippen molar-refractivity contribution in [1.29, 1.82) is 10.5 Å². The summed E-state index contributed by atoms with van der Waals surface area (Å²) in [5.41, 5.74) is -1.74. The smallest absolute Gasteiger partial charge is 0.315 e. The van der Waals surface area contributed by atoms with Crippen molar-refractivity contribution in [2.75, 3.05) is 7.05 Å². The molecule has 0 saturated carbocycles. The predicted molar refractivity (Wildman–Crippen MR) is 101 cm³/mol. The molecule has 0 saturated heterocycles. The molecule has 2 rings (SSSR count). The van der Waals surface area contributed by atoms with Gasteiger partial charge in [-0.25, -0.2) is 0 Å². The van der Waals surface area contributed by atoms with Crippen molar-refractivity contribution in [3.05, 3.63) is 62.7 Å². The minimum absolute atomic E-state index is 0.195. The number of aromatic hydroxyl groups is 3. The fourth-order valence-corrected chi connectivity index (χ4v) is 2.53. The summed E-state index contributed by atoms with van der Waals surface area (Å²) >= 11 is 0. The van der Waals surface area contributed by atoms with Gasteiger partial charge in [0, 0.05) is 30.8 Å². The molecule has 11 nitrogen and oxygen atoms in total. The highest BCUT2D eigenvalue weighted by molar-refractivity contribution is 6.03. The molecule has 0 aliphatic rings. The third kappa shape index (κ3) is 4.21. The highest BCUT2D eigenvalue weighted by Gasteiger charge is 2.25. The van der Waals surface area contributed by atoms with Gasteiger partial charge in [0.25, 0.3) is 5.91 Å². The largest absolute Gasteiger partial charge is 0.508 e. The van der Waals surface area contributed by atoms with E-state index in [9.17, 15) is 40.6 Å². The number of nitro groups is 1. The number of likely N-dealkylation sites (N-methyl/N-ethyl adjacent to an activating group) is 1. The Morgan fingerprint density at radius 2 is 1.83 bits per heavy atom. The fourth-order valence-electron chi connectivity index (χ4n) is 2.53. The first-order valence-corrected chi connectivity index (χ1v) is 8.12. The van der Waals surface area contributed by atoms with Gasteiger partial charge in [-0.2, -0.15) is 10.5 Å². The number of benzene rings is 2. The molecule has 0 aliphatic carbocycles. The molecule has 2 aromatic rings. The van der Waals surface area contributed by atoms with Crippen molar-refractivity contribution in [3.8, 4) is 29.4 Å². The summed E-state index contributed by atoms with van der Waals surface area (Å²) in [4.78, 5) is 23.5. The molecule has 0 heterocycles. The molecular weight excluding hydrogens is 396 g/mol. The van der Waals surface area contributed by atoms with Crippen LogP contribution >= 0.6 is 0 Å². The van der Waals surface area contributed by atoms with E-state index in [1.54, 1.807) is 0 Å². The van der Waals surface area contributed by atoms with Crippen LogP contribution in [0.5, 0.6) is 17.2 Å². The molecule has 152 valence electrons. The van der Waals surface area contributed by atoms with Crippen molar-refractivity contribution < 1.29 is 30.1 Å². The zero-order chi connectivity index (χ0) is 22.6. The van der Waals surface area contributed by atoms with E-state index in [1.807, 2.05) is 6.07 Å².